The zero-order valence-corrected chi connectivity index (χ0v) is 13.1. The van der Waals surface area contributed by atoms with Gasteiger partial charge in [0, 0.05) is 17.8 Å². The van der Waals surface area contributed by atoms with Gasteiger partial charge in [-0.2, -0.15) is 0 Å². The van der Waals surface area contributed by atoms with E-state index in [0.29, 0.717) is 12.3 Å². The standard InChI is InChI=1S/C13H23N3O3S/c1-9-16(10(7-20-9)11(17)18)12(19)14-8-13(15(2)3)5-4-6-13/h9-10H,4-8H2,1-3H3,(H,14,19)(H,17,18). The molecule has 0 bridgehead atoms. The number of hydrogen-bond acceptors (Lipinski definition) is 4. The second kappa shape index (κ2) is 5.81. The molecule has 0 spiro atoms. The Morgan fingerprint density at radius 3 is 2.55 bits per heavy atom. The third kappa shape index (κ3) is 2.74. The molecule has 0 aromatic heterocycles. The molecule has 2 unspecified atom stereocenters. The van der Waals surface area contributed by atoms with Crippen LogP contribution >= 0.6 is 11.8 Å². The van der Waals surface area contributed by atoms with Crippen LogP contribution in [0.2, 0.25) is 0 Å². The molecule has 2 aliphatic rings. The minimum absolute atomic E-state index is 0.0461. The Bertz CT molecular complexity index is 398. The van der Waals surface area contributed by atoms with Gasteiger partial charge in [0.05, 0.1) is 5.37 Å². The number of likely N-dealkylation sites (N-methyl/N-ethyl adjacent to an activating group) is 1. The Labute approximate surface area is 123 Å². The molecule has 1 saturated carbocycles. The predicted molar refractivity (Wildman–Crippen MR) is 78.9 cm³/mol. The largest absolute Gasteiger partial charge is 0.480 e. The van der Waals surface area contributed by atoms with E-state index in [0.717, 1.165) is 12.8 Å². The summed E-state index contributed by atoms with van der Waals surface area (Å²) in [6, 6.07) is -0.977. The lowest BCUT2D eigenvalue weighted by Gasteiger charge is -2.47. The van der Waals surface area contributed by atoms with Crippen LogP contribution in [0, 0.1) is 0 Å². The number of nitrogens with zero attached hydrogens (tertiary/aromatic N) is 2. The minimum Gasteiger partial charge on any atom is -0.480 e. The molecule has 1 aliphatic carbocycles. The summed E-state index contributed by atoms with van der Waals surface area (Å²) in [5, 5.41) is 12.0. The Morgan fingerprint density at radius 1 is 1.45 bits per heavy atom. The third-order valence-electron chi connectivity index (χ3n) is 4.54. The summed E-state index contributed by atoms with van der Waals surface area (Å²) in [5.41, 5.74) is 0.0461. The molecule has 2 fully saturated rings. The van der Waals surface area contributed by atoms with Crippen LogP contribution in [0.25, 0.3) is 0 Å². The number of carboxylic acids is 1. The number of nitrogens with one attached hydrogen (secondary N) is 1. The van der Waals surface area contributed by atoms with E-state index in [-0.39, 0.29) is 16.9 Å². The van der Waals surface area contributed by atoms with Crippen molar-refractivity contribution in [3.8, 4) is 0 Å². The van der Waals surface area contributed by atoms with E-state index in [1.165, 1.54) is 23.1 Å². The van der Waals surface area contributed by atoms with Crippen LogP contribution in [0.15, 0.2) is 0 Å². The predicted octanol–water partition coefficient (Wildman–Crippen LogP) is 1.03. The maximum absolute atomic E-state index is 12.3. The van der Waals surface area contributed by atoms with Crippen molar-refractivity contribution in [2.75, 3.05) is 26.4 Å². The molecule has 0 aromatic carbocycles. The van der Waals surface area contributed by atoms with E-state index >= 15 is 0 Å². The summed E-state index contributed by atoms with van der Waals surface area (Å²) in [5.74, 6) is -0.467. The molecule has 0 radical (unpaired) electrons. The van der Waals surface area contributed by atoms with Crippen molar-refractivity contribution in [2.45, 2.75) is 43.1 Å². The number of hydrogen-bond donors (Lipinski definition) is 2. The highest BCUT2D eigenvalue weighted by molar-refractivity contribution is 8.00. The molecule has 1 aliphatic heterocycles. The number of thioether (sulfide) groups is 1. The van der Waals surface area contributed by atoms with Crippen LogP contribution in [-0.4, -0.2) is 70.3 Å². The van der Waals surface area contributed by atoms with Crippen molar-refractivity contribution in [1.82, 2.24) is 15.1 Å². The lowest BCUT2D eigenvalue weighted by Crippen LogP contribution is -2.59. The van der Waals surface area contributed by atoms with Gasteiger partial charge in [0.25, 0.3) is 0 Å². The summed E-state index contributed by atoms with van der Waals surface area (Å²) < 4.78 is 0. The normalized spacial score (nSPS) is 28.3. The molecule has 2 rings (SSSR count). The first-order valence-electron chi connectivity index (χ1n) is 6.95. The molecule has 0 aromatic rings. The summed E-state index contributed by atoms with van der Waals surface area (Å²) in [7, 11) is 4.05. The molecule has 1 saturated heterocycles. The monoisotopic (exact) mass is 301 g/mol. The molecular weight excluding hydrogens is 278 g/mol. The highest BCUT2D eigenvalue weighted by atomic mass is 32.2. The fourth-order valence-electron chi connectivity index (χ4n) is 2.84. The van der Waals surface area contributed by atoms with Crippen molar-refractivity contribution in [3.05, 3.63) is 0 Å². The molecule has 20 heavy (non-hydrogen) atoms. The van der Waals surface area contributed by atoms with Gasteiger partial charge in [-0.3, -0.25) is 4.90 Å². The van der Waals surface area contributed by atoms with Gasteiger partial charge in [-0.1, -0.05) is 0 Å². The van der Waals surface area contributed by atoms with Gasteiger partial charge in [-0.15, -0.1) is 11.8 Å². The highest BCUT2D eigenvalue weighted by Crippen LogP contribution is 2.35. The first-order chi connectivity index (χ1) is 9.37. The molecule has 2 atom stereocenters. The van der Waals surface area contributed by atoms with Crippen LogP contribution in [0.1, 0.15) is 26.2 Å². The Hall–Kier alpha value is -0.950. The molecule has 6 nitrogen and oxygen atoms in total. The smallest absolute Gasteiger partial charge is 0.327 e. The van der Waals surface area contributed by atoms with Gasteiger partial charge < -0.3 is 15.3 Å². The average Bonchev–Trinajstić information content (AvgIpc) is 2.69. The van der Waals surface area contributed by atoms with E-state index < -0.39 is 12.0 Å². The number of carboxylic acid groups (broad SMARTS) is 1. The number of urea groups is 1. The summed E-state index contributed by atoms with van der Waals surface area (Å²) in [6.45, 7) is 2.46. The van der Waals surface area contributed by atoms with E-state index in [1.807, 2.05) is 21.0 Å². The van der Waals surface area contributed by atoms with Crippen LogP contribution in [-0.2, 0) is 4.79 Å². The number of carbonyl (C=O) groups is 2. The Balaban J connectivity index is 1.95. The van der Waals surface area contributed by atoms with Crippen LogP contribution in [0.4, 0.5) is 4.79 Å². The minimum atomic E-state index is -0.928. The maximum atomic E-state index is 12.3. The highest BCUT2D eigenvalue weighted by Gasteiger charge is 2.42. The molecule has 114 valence electrons. The van der Waals surface area contributed by atoms with Gasteiger partial charge in [-0.05, 0) is 40.3 Å². The van der Waals surface area contributed by atoms with Gasteiger partial charge in [0.1, 0.15) is 6.04 Å². The molecule has 2 N–H and O–H groups in total. The van der Waals surface area contributed by atoms with E-state index in [4.69, 9.17) is 0 Å². The van der Waals surface area contributed by atoms with Crippen molar-refractivity contribution < 1.29 is 14.7 Å². The Morgan fingerprint density at radius 2 is 2.10 bits per heavy atom. The van der Waals surface area contributed by atoms with Gasteiger partial charge in [-0.25, -0.2) is 9.59 Å². The second-order valence-corrected chi connectivity index (χ2v) is 7.17. The van der Waals surface area contributed by atoms with Gasteiger partial charge in [0.15, 0.2) is 0 Å². The first kappa shape index (κ1) is 15.4. The van der Waals surface area contributed by atoms with Gasteiger partial charge in [0.2, 0.25) is 0 Å². The van der Waals surface area contributed by atoms with Crippen LogP contribution < -0.4 is 5.32 Å². The van der Waals surface area contributed by atoms with Crippen molar-refractivity contribution in [2.24, 2.45) is 0 Å². The molecule has 1 heterocycles. The summed E-state index contributed by atoms with van der Waals surface area (Å²) in [4.78, 5) is 27.1. The Kier molecular flexibility index (Phi) is 4.49. The molecule has 7 heteroatoms. The third-order valence-corrected chi connectivity index (χ3v) is 5.76. The zero-order chi connectivity index (χ0) is 14.9. The lowest BCUT2D eigenvalue weighted by atomic mass is 9.75. The van der Waals surface area contributed by atoms with E-state index in [2.05, 4.69) is 10.2 Å². The average molecular weight is 301 g/mol. The van der Waals surface area contributed by atoms with Crippen LogP contribution in [0.5, 0.6) is 0 Å². The van der Waals surface area contributed by atoms with E-state index in [1.54, 1.807) is 0 Å². The summed E-state index contributed by atoms with van der Waals surface area (Å²) >= 11 is 1.50. The fourth-order valence-corrected chi connectivity index (χ4v) is 4.01. The van der Waals surface area contributed by atoms with Crippen molar-refractivity contribution in [1.29, 1.82) is 0 Å². The first-order valence-corrected chi connectivity index (χ1v) is 8.00. The maximum Gasteiger partial charge on any atom is 0.327 e. The lowest BCUT2D eigenvalue weighted by molar-refractivity contribution is -0.141. The van der Waals surface area contributed by atoms with Crippen molar-refractivity contribution in [3.63, 3.8) is 0 Å². The molecular formula is C13H23N3O3S. The number of carbonyl (C=O) groups excluding carboxylic acids is 1. The second-order valence-electron chi connectivity index (χ2n) is 5.82. The fraction of sp³-hybridized carbons (Fsp3) is 0.846. The van der Waals surface area contributed by atoms with Crippen LogP contribution in [0.3, 0.4) is 0 Å². The van der Waals surface area contributed by atoms with Crippen molar-refractivity contribution >= 4 is 23.8 Å². The van der Waals surface area contributed by atoms with Gasteiger partial charge >= 0.3 is 12.0 Å². The number of amides is 2. The topological polar surface area (TPSA) is 72.9 Å². The number of rotatable bonds is 4. The zero-order valence-electron chi connectivity index (χ0n) is 12.3. The number of aliphatic carboxylic acids is 1. The quantitative estimate of drug-likeness (QED) is 0.811. The van der Waals surface area contributed by atoms with E-state index in [9.17, 15) is 14.7 Å². The SMILES string of the molecule is CC1SCC(C(=O)O)N1C(=O)NCC1(N(C)C)CCC1. The molecule has 2 amide bonds. The summed E-state index contributed by atoms with van der Waals surface area (Å²) in [6.07, 6.45) is 3.33.